The fourth-order valence-corrected chi connectivity index (χ4v) is 2.11. The molecular formula is C9H5Br2N3. The summed E-state index contributed by atoms with van der Waals surface area (Å²) in [5.74, 6) is 0. The summed E-state index contributed by atoms with van der Waals surface area (Å²) >= 11 is 6.69. The van der Waals surface area contributed by atoms with Gasteiger partial charge >= 0.3 is 0 Å². The van der Waals surface area contributed by atoms with E-state index in [-0.39, 0.29) is 0 Å². The van der Waals surface area contributed by atoms with E-state index < -0.39 is 0 Å². The lowest BCUT2D eigenvalue weighted by Gasteiger charge is -1.97. The highest BCUT2D eigenvalue weighted by Gasteiger charge is 2.08. The van der Waals surface area contributed by atoms with Crippen LogP contribution in [0.2, 0.25) is 0 Å². The Balaban J connectivity index is 2.75. The van der Waals surface area contributed by atoms with Crippen molar-refractivity contribution in [2.75, 3.05) is 0 Å². The molecule has 0 atom stereocenters. The van der Waals surface area contributed by atoms with Crippen LogP contribution in [0.5, 0.6) is 0 Å². The lowest BCUT2D eigenvalue weighted by Crippen LogP contribution is -1.84. The van der Waals surface area contributed by atoms with Crippen LogP contribution in [0, 0.1) is 11.3 Å². The average molecular weight is 315 g/mol. The minimum atomic E-state index is 0.376. The van der Waals surface area contributed by atoms with Gasteiger partial charge in [-0.2, -0.15) is 5.26 Å². The van der Waals surface area contributed by atoms with Gasteiger partial charge in [-0.1, -0.05) is 6.07 Å². The molecule has 0 amide bonds. The molecule has 0 aliphatic carbocycles. The normalized spacial score (nSPS) is 10.4. The van der Waals surface area contributed by atoms with Crippen LogP contribution in [0.3, 0.4) is 0 Å². The summed E-state index contributed by atoms with van der Waals surface area (Å²) in [6.07, 6.45) is 0.376. The van der Waals surface area contributed by atoms with Crippen LogP contribution >= 0.6 is 31.9 Å². The lowest BCUT2D eigenvalue weighted by atomic mass is 10.1. The minimum Gasteiger partial charge on any atom is -0.332 e. The van der Waals surface area contributed by atoms with Gasteiger partial charge in [-0.15, -0.1) is 0 Å². The summed E-state index contributed by atoms with van der Waals surface area (Å²) in [6.45, 7) is 0. The van der Waals surface area contributed by atoms with Crippen molar-refractivity contribution in [2.45, 2.75) is 6.42 Å². The number of aromatic amines is 1. The molecule has 1 aromatic carbocycles. The first-order valence-corrected chi connectivity index (χ1v) is 5.50. The van der Waals surface area contributed by atoms with Crippen molar-refractivity contribution in [3.05, 3.63) is 26.9 Å². The van der Waals surface area contributed by atoms with Gasteiger partial charge in [-0.3, -0.25) is 0 Å². The molecule has 0 radical (unpaired) electrons. The number of fused-ring (bicyclic) bond motifs is 1. The van der Waals surface area contributed by atoms with Crippen molar-refractivity contribution in [2.24, 2.45) is 0 Å². The van der Waals surface area contributed by atoms with E-state index in [0.717, 1.165) is 21.1 Å². The maximum absolute atomic E-state index is 8.64. The standard InChI is InChI=1S/C9H5Br2N3/c10-6-2-1-5(3-4-12)7-8(6)14-9(11)13-7/h1-2H,3H2,(H,13,14). The molecule has 1 aromatic heterocycles. The molecular weight excluding hydrogens is 310 g/mol. The molecule has 70 valence electrons. The fraction of sp³-hybridized carbons (Fsp3) is 0.111. The van der Waals surface area contributed by atoms with Crippen molar-refractivity contribution >= 4 is 42.9 Å². The van der Waals surface area contributed by atoms with Gasteiger partial charge in [-0.25, -0.2) is 4.98 Å². The van der Waals surface area contributed by atoms with Crippen LogP contribution in [-0.4, -0.2) is 9.97 Å². The second-order valence-corrected chi connectivity index (χ2v) is 4.40. The number of nitrogens with one attached hydrogen (secondary N) is 1. The van der Waals surface area contributed by atoms with Gasteiger partial charge in [-0.05, 0) is 43.5 Å². The van der Waals surface area contributed by atoms with Crippen LogP contribution in [0.4, 0.5) is 0 Å². The quantitative estimate of drug-likeness (QED) is 0.879. The predicted octanol–water partition coefficient (Wildman–Crippen LogP) is 3.15. The number of halogens is 2. The number of aromatic nitrogens is 2. The molecule has 1 heterocycles. The van der Waals surface area contributed by atoms with Crippen molar-refractivity contribution in [1.29, 1.82) is 5.26 Å². The van der Waals surface area contributed by atoms with Gasteiger partial charge in [0.2, 0.25) is 0 Å². The maximum atomic E-state index is 8.64. The Morgan fingerprint density at radius 3 is 2.93 bits per heavy atom. The molecule has 0 saturated heterocycles. The Morgan fingerprint density at radius 2 is 2.21 bits per heavy atom. The van der Waals surface area contributed by atoms with Crippen LogP contribution < -0.4 is 0 Å². The summed E-state index contributed by atoms with van der Waals surface area (Å²) in [5, 5.41) is 8.64. The summed E-state index contributed by atoms with van der Waals surface area (Å²) in [7, 11) is 0. The topological polar surface area (TPSA) is 52.5 Å². The number of hydrogen-bond donors (Lipinski definition) is 1. The highest BCUT2D eigenvalue weighted by molar-refractivity contribution is 9.11. The third-order valence-electron chi connectivity index (χ3n) is 1.92. The molecule has 0 aliphatic heterocycles. The zero-order chi connectivity index (χ0) is 10.1. The van der Waals surface area contributed by atoms with Gasteiger partial charge in [0.1, 0.15) is 0 Å². The van der Waals surface area contributed by atoms with E-state index >= 15 is 0 Å². The van der Waals surface area contributed by atoms with Crippen molar-refractivity contribution in [3.63, 3.8) is 0 Å². The summed E-state index contributed by atoms with van der Waals surface area (Å²) < 4.78 is 1.63. The molecule has 1 N–H and O–H groups in total. The molecule has 0 bridgehead atoms. The minimum absolute atomic E-state index is 0.376. The number of nitriles is 1. The van der Waals surface area contributed by atoms with E-state index in [4.69, 9.17) is 5.26 Å². The highest BCUT2D eigenvalue weighted by atomic mass is 79.9. The van der Waals surface area contributed by atoms with Crippen LogP contribution in [0.15, 0.2) is 21.3 Å². The Bertz CT molecular complexity index is 525. The summed E-state index contributed by atoms with van der Waals surface area (Å²) in [4.78, 5) is 7.35. The molecule has 2 aromatic rings. The third kappa shape index (κ3) is 1.56. The van der Waals surface area contributed by atoms with Gasteiger partial charge in [0.25, 0.3) is 0 Å². The van der Waals surface area contributed by atoms with E-state index in [2.05, 4.69) is 47.9 Å². The number of H-pyrrole nitrogens is 1. The van der Waals surface area contributed by atoms with Gasteiger partial charge in [0.15, 0.2) is 4.73 Å². The zero-order valence-corrected chi connectivity index (χ0v) is 10.2. The van der Waals surface area contributed by atoms with E-state index in [9.17, 15) is 0 Å². The first-order chi connectivity index (χ1) is 6.72. The van der Waals surface area contributed by atoms with Crippen LogP contribution in [-0.2, 0) is 6.42 Å². The average Bonchev–Trinajstić information content (AvgIpc) is 2.53. The molecule has 3 nitrogen and oxygen atoms in total. The van der Waals surface area contributed by atoms with Gasteiger partial charge < -0.3 is 4.98 Å². The molecule has 2 rings (SSSR count). The van der Waals surface area contributed by atoms with Crippen molar-refractivity contribution < 1.29 is 0 Å². The number of rotatable bonds is 1. The van der Waals surface area contributed by atoms with E-state index in [1.54, 1.807) is 0 Å². The molecule has 0 spiro atoms. The number of nitrogens with zero attached hydrogens (tertiary/aromatic N) is 2. The Morgan fingerprint density at radius 1 is 1.43 bits per heavy atom. The monoisotopic (exact) mass is 313 g/mol. The largest absolute Gasteiger partial charge is 0.332 e. The molecule has 0 fully saturated rings. The molecule has 5 heteroatoms. The predicted molar refractivity (Wildman–Crippen MR) is 60.8 cm³/mol. The molecule has 0 unspecified atom stereocenters. The first kappa shape index (κ1) is 9.69. The lowest BCUT2D eigenvalue weighted by molar-refractivity contribution is 1.24. The van der Waals surface area contributed by atoms with E-state index in [1.165, 1.54) is 0 Å². The van der Waals surface area contributed by atoms with E-state index in [0.29, 0.717) is 11.2 Å². The summed E-state index contributed by atoms with van der Waals surface area (Å²) in [5.41, 5.74) is 2.70. The Hall–Kier alpha value is -0.860. The van der Waals surface area contributed by atoms with E-state index in [1.807, 2.05) is 12.1 Å². The zero-order valence-electron chi connectivity index (χ0n) is 7.01. The van der Waals surface area contributed by atoms with Crippen LogP contribution in [0.1, 0.15) is 5.56 Å². The number of hydrogen-bond acceptors (Lipinski definition) is 2. The molecule has 14 heavy (non-hydrogen) atoms. The van der Waals surface area contributed by atoms with Crippen molar-refractivity contribution in [1.82, 2.24) is 9.97 Å². The second kappa shape index (κ2) is 3.71. The SMILES string of the molecule is N#CCc1ccc(Br)c2[nH]c(Br)nc12. The maximum Gasteiger partial charge on any atom is 0.175 e. The van der Waals surface area contributed by atoms with Crippen LogP contribution in [0.25, 0.3) is 11.0 Å². The van der Waals surface area contributed by atoms with Gasteiger partial charge in [0, 0.05) is 4.47 Å². The van der Waals surface area contributed by atoms with Gasteiger partial charge in [0.05, 0.1) is 23.5 Å². The number of benzene rings is 1. The molecule has 0 aliphatic rings. The first-order valence-electron chi connectivity index (χ1n) is 3.92. The van der Waals surface area contributed by atoms with Crippen molar-refractivity contribution in [3.8, 4) is 6.07 Å². The Labute approximate surface area is 97.4 Å². The highest BCUT2D eigenvalue weighted by Crippen LogP contribution is 2.26. The Kier molecular flexibility index (Phi) is 2.57. The summed E-state index contributed by atoms with van der Waals surface area (Å²) in [6, 6.07) is 5.94. The third-order valence-corrected chi connectivity index (χ3v) is 2.95. The second-order valence-electron chi connectivity index (χ2n) is 2.79. The fourth-order valence-electron chi connectivity index (χ4n) is 1.31. The molecule has 0 saturated carbocycles. The number of imidazole rings is 1. The smallest absolute Gasteiger partial charge is 0.175 e.